The second-order valence-corrected chi connectivity index (χ2v) is 7.16. The highest BCUT2D eigenvalue weighted by molar-refractivity contribution is 5.47. The highest BCUT2D eigenvalue weighted by atomic mass is 15.4. The number of nitrogens with zero attached hydrogens (tertiary/aromatic N) is 6. The standard InChI is InChI=1S/C17H24N6/c1-12-18-9-8-15(19-12)22(5)13-10-23(11-13)16-7-6-14(20-21-16)17(2,3)4/h6-9,13H,10-11H2,1-5H3. The second-order valence-electron chi connectivity index (χ2n) is 7.16. The molecule has 3 rings (SSSR count). The third-order valence-electron chi connectivity index (χ3n) is 4.28. The first-order valence-electron chi connectivity index (χ1n) is 7.96. The van der Waals surface area contributed by atoms with Gasteiger partial charge in [-0.2, -0.15) is 5.10 Å². The third-order valence-corrected chi connectivity index (χ3v) is 4.28. The van der Waals surface area contributed by atoms with Crippen LogP contribution < -0.4 is 9.80 Å². The maximum Gasteiger partial charge on any atom is 0.151 e. The summed E-state index contributed by atoms with van der Waals surface area (Å²) >= 11 is 0. The molecule has 0 unspecified atom stereocenters. The Labute approximate surface area is 137 Å². The smallest absolute Gasteiger partial charge is 0.151 e. The fourth-order valence-corrected chi connectivity index (χ4v) is 2.61. The molecule has 1 aliphatic rings. The van der Waals surface area contributed by atoms with Crippen LogP contribution in [0.15, 0.2) is 24.4 Å². The fourth-order valence-electron chi connectivity index (χ4n) is 2.61. The molecule has 0 aromatic carbocycles. The second kappa shape index (κ2) is 5.76. The highest BCUT2D eigenvalue weighted by Gasteiger charge is 2.32. The minimum absolute atomic E-state index is 0.0358. The van der Waals surface area contributed by atoms with E-state index in [-0.39, 0.29) is 5.41 Å². The minimum atomic E-state index is 0.0358. The molecule has 6 heteroatoms. The molecular formula is C17H24N6. The lowest BCUT2D eigenvalue weighted by atomic mass is 9.92. The average molecular weight is 312 g/mol. The van der Waals surface area contributed by atoms with Crippen LogP contribution in [-0.4, -0.2) is 46.3 Å². The largest absolute Gasteiger partial charge is 0.353 e. The number of hydrogen-bond donors (Lipinski definition) is 0. The van der Waals surface area contributed by atoms with Crippen LogP contribution in [0.3, 0.4) is 0 Å². The molecule has 2 aromatic rings. The van der Waals surface area contributed by atoms with E-state index >= 15 is 0 Å². The van der Waals surface area contributed by atoms with Gasteiger partial charge in [-0.3, -0.25) is 0 Å². The summed E-state index contributed by atoms with van der Waals surface area (Å²) in [5, 5.41) is 8.75. The zero-order valence-corrected chi connectivity index (χ0v) is 14.5. The predicted molar refractivity (Wildman–Crippen MR) is 91.9 cm³/mol. The van der Waals surface area contributed by atoms with E-state index in [1.165, 1.54) is 0 Å². The molecule has 23 heavy (non-hydrogen) atoms. The van der Waals surface area contributed by atoms with E-state index < -0.39 is 0 Å². The van der Waals surface area contributed by atoms with Gasteiger partial charge in [-0.05, 0) is 25.1 Å². The van der Waals surface area contributed by atoms with Crippen molar-refractivity contribution in [1.82, 2.24) is 20.2 Å². The summed E-state index contributed by atoms with van der Waals surface area (Å²) in [6.07, 6.45) is 1.81. The molecule has 3 heterocycles. The highest BCUT2D eigenvalue weighted by Crippen LogP contribution is 2.25. The number of likely N-dealkylation sites (N-methyl/N-ethyl adjacent to an activating group) is 1. The van der Waals surface area contributed by atoms with Crippen molar-refractivity contribution >= 4 is 11.6 Å². The van der Waals surface area contributed by atoms with Crippen LogP contribution in [0.5, 0.6) is 0 Å². The van der Waals surface area contributed by atoms with Crippen molar-refractivity contribution in [3.05, 3.63) is 35.9 Å². The van der Waals surface area contributed by atoms with Crippen LogP contribution in [0.4, 0.5) is 11.6 Å². The molecule has 0 atom stereocenters. The van der Waals surface area contributed by atoms with E-state index in [0.29, 0.717) is 6.04 Å². The van der Waals surface area contributed by atoms with Gasteiger partial charge in [0, 0.05) is 31.7 Å². The van der Waals surface area contributed by atoms with E-state index in [2.05, 4.69) is 69.9 Å². The van der Waals surface area contributed by atoms with Gasteiger partial charge in [0.25, 0.3) is 0 Å². The maximum atomic E-state index is 4.48. The summed E-state index contributed by atoms with van der Waals surface area (Å²) in [7, 11) is 2.08. The number of aryl methyl sites for hydroxylation is 1. The molecule has 0 spiro atoms. The van der Waals surface area contributed by atoms with Gasteiger partial charge < -0.3 is 9.80 Å². The van der Waals surface area contributed by atoms with Crippen LogP contribution >= 0.6 is 0 Å². The first-order valence-corrected chi connectivity index (χ1v) is 7.96. The van der Waals surface area contributed by atoms with Crippen molar-refractivity contribution in [2.24, 2.45) is 0 Å². The first-order chi connectivity index (χ1) is 10.8. The molecule has 6 nitrogen and oxygen atoms in total. The van der Waals surface area contributed by atoms with Crippen LogP contribution in [0, 0.1) is 6.92 Å². The van der Waals surface area contributed by atoms with Gasteiger partial charge in [0.2, 0.25) is 0 Å². The lowest BCUT2D eigenvalue weighted by Crippen LogP contribution is -2.59. The molecule has 122 valence electrons. The predicted octanol–water partition coefficient (Wildman–Crippen LogP) is 2.20. The summed E-state index contributed by atoms with van der Waals surface area (Å²) in [4.78, 5) is 13.1. The number of aromatic nitrogens is 4. The fraction of sp³-hybridized carbons (Fsp3) is 0.529. The van der Waals surface area contributed by atoms with Gasteiger partial charge >= 0.3 is 0 Å². The molecule has 1 saturated heterocycles. The van der Waals surface area contributed by atoms with Crippen molar-refractivity contribution in [2.45, 2.75) is 39.2 Å². The van der Waals surface area contributed by atoms with E-state index in [1.807, 2.05) is 13.0 Å². The van der Waals surface area contributed by atoms with E-state index in [1.54, 1.807) is 6.20 Å². The van der Waals surface area contributed by atoms with Gasteiger partial charge in [-0.25, -0.2) is 9.97 Å². The Morgan fingerprint density at radius 1 is 1.13 bits per heavy atom. The first kappa shape index (κ1) is 15.6. The molecule has 0 aliphatic carbocycles. The summed E-state index contributed by atoms with van der Waals surface area (Å²) in [5.41, 5.74) is 1.06. The van der Waals surface area contributed by atoms with Crippen molar-refractivity contribution in [2.75, 3.05) is 29.9 Å². The van der Waals surface area contributed by atoms with E-state index in [9.17, 15) is 0 Å². The van der Waals surface area contributed by atoms with Crippen LogP contribution in [0.1, 0.15) is 32.3 Å². The third kappa shape index (κ3) is 3.25. The molecule has 0 saturated carbocycles. The van der Waals surface area contributed by atoms with Crippen molar-refractivity contribution in [3.63, 3.8) is 0 Å². The van der Waals surface area contributed by atoms with Gasteiger partial charge in [-0.1, -0.05) is 20.8 Å². The molecule has 0 bridgehead atoms. The monoisotopic (exact) mass is 312 g/mol. The van der Waals surface area contributed by atoms with Gasteiger partial charge in [0.05, 0.1) is 11.7 Å². The van der Waals surface area contributed by atoms with Gasteiger partial charge in [0.15, 0.2) is 5.82 Å². The Morgan fingerprint density at radius 3 is 2.43 bits per heavy atom. The molecular weight excluding hydrogens is 288 g/mol. The number of anilines is 2. The summed E-state index contributed by atoms with van der Waals surface area (Å²) in [6.45, 7) is 10.2. The normalized spacial score (nSPS) is 15.4. The Balaban J connectivity index is 1.62. The summed E-state index contributed by atoms with van der Waals surface area (Å²) in [5.74, 6) is 2.71. The quantitative estimate of drug-likeness (QED) is 0.866. The average Bonchev–Trinajstić information content (AvgIpc) is 2.45. The molecule has 2 aromatic heterocycles. The Bertz CT molecular complexity index is 670. The SMILES string of the molecule is Cc1nccc(N(C)C2CN(c3ccc(C(C)(C)C)nn3)C2)n1. The van der Waals surface area contributed by atoms with Crippen molar-refractivity contribution < 1.29 is 0 Å². The molecule has 1 fully saturated rings. The number of hydrogen-bond acceptors (Lipinski definition) is 6. The van der Waals surface area contributed by atoms with Crippen molar-refractivity contribution in [3.8, 4) is 0 Å². The van der Waals surface area contributed by atoms with Crippen molar-refractivity contribution in [1.29, 1.82) is 0 Å². The number of rotatable bonds is 3. The zero-order valence-electron chi connectivity index (χ0n) is 14.5. The van der Waals surface area contributed by atoms with Gasteiger partial charge in [-0.15, -0.1) is 5.10 Å². The topological polar surface area (TPSA) is 58.0 Å². The summed E-state index contributed by atoms with van der Waals surface area (Å²) < 4.78 is 0. The van der Waals surface area contributed by atoms with Gasteiger partial charge in [0.1, 0.15) is 11.6 Å². The van der Waals surface area contributed by atoms with Crippen LogP contribution in [0.2, 0.25) is 0 Å². The zero-order chi connectivity index (χ0) is 16.6. The van der Waals surface area contributed by atoms with E-state index in [4.69, 9.17) is 0 Å². The molecule has 0 amide bonds. The maximum absolute atomic E-state index is 4.48. The molecule has 1 aliphatic heterocycles. The minimum Gasteiger partial charge on any atom is -0.353 e. The Hall–Kier alpha value is -2.24. The summed E-state index contributed by atoms with van der Waals surface area (Å²) in [6, 6.07) is 6.53. The lowest BCUT2D eigenvalue weighted by molar-refractivity contribution is 0.485. The Morgan fingerprint density at radius 2 is 1.87 bits per heavy atom. The molecule has 0 N–H and O–H groups in total. The molecule has 0 radical (unpaired) electrons. The van der Waals surface area contributed by atoms with E-state index in [0.717, 1.165) is 36.2 Å². The lowest BCUT2D eigenvalue weighted by Gasteiger charge is -2.44. The van der Waals surface area contributed by atoms with Crippen LogP contribution in [-0.2, 0) is 5.41 Å². The van der Waals surface area contributed by atoms with Crippen LogP contribution in [0.25, 0.3) is 0 Å². The Kier molecular flexibility index (Phi) is 3.92.